The maximum Gasteiger partial charge on any atom is 0.259 e. The highest BCUT2D eigenvalue weighted by atomic mass is 32.1. The Bertz CT molecular complexity index is 1300. The van der Waals surface area contributed by atoms with Gasteiger partial charge in [0.05, 0.1) is 46.3 Å². The average Bonchev–Trinajstić information content (AvgIpc) is 3.40. The van der Waals surface area contributed by atoms with Crippen LogP contribution in [0.15, 0.2) is 47.0 Å². The molecule has 0 radical (unpaired) electrons. The van der Waals surface area contributed by atoms with E-state index in [1.807, 2.05) is 50.2 Å². The molecule has 0 fully saturated rings. The van der Waals surface area contributed by atoms with Gasteiger partial charge in [-0.1, -0.05) is 5.16 Å². The van der Waals surface area contributed by atoms with Crippen LogP contribution in [0.4, 0.5) is 5.69 Å². The molecule has 0 aliphatic heterocycles. The molecule has 0 N–H and O–H groups in total. The van der Waals surface area contributed by atoms with Crippen molar-refractivity contribution >= 4 is 34.0 Å². The summed E-state index contributed by atoms with van der Waals surface area (Å²) in [6.45, 7) is 6.54. The van der Waals surface area contributed by atoms with Gasteiger partial charge < -0.3 is 14.2 Å². The number of thiophene rings is 1. The number of fused-ring (bicyclic) bond motifs is 1. The van der Waals surface area contributed by atoms with Crippen LogP contribution in [0.25, 0.3) is 21.7 Å². The molecule has 0 aliphatic rings. The fourth-order valence-corrected chi connectivity index (χ4v) is 4.33. The molecule has 0 saturated heterocycles. The number of carbonyl (C=O) groups excluding carboxylic acids is 1. The Balaban J connectivity index is 1.81. The third-order valence-corrected chi connectivity index (χ3v) is 6.02. The van der Waals surface area contributed by atoms with Crippen molar-refractivity contribution in [3.05, 3.63) is 58.6 Å². The van der Waals surface area contributed by atoms with Crippen molar-refractivity contribution in [2.24, 2.45) is 0 Å². The summed E-state index contributed by atoms with van der Waals surface area (Å²) < 4.78 is 10.9. The van der Waals surface area contributed by atoms with E-state index in [4.69, 9.17) is 14.5 Å². The van der Waals surface area contributed by atoms with Gasteiger partial charge in [-0.15, -0.1) is 11.3 Å². The Labute approximate surface area is 189 Å². The third kappa shape index (κ3) is 4.20. The first-order chi connectivity index (χ1) is 15.5. The number of carbonyl (C=O) groups is 1. The standard InChI is InChI=1S/C24H22N4O3S/c1-4-30-18-9-7-17(8-10-18)28(13-5-12-25)24(29)19-14-20(21-11-6-15(2)32-21)26-23-22(19)16(3)27-31-23/h6-11,14H,4-5,13H2,1-3H3. The van der Waals surface area contributed by atoms with Crippen molar-refractivity contribution in [3.63, 3.8) is 0 Å². The van der Waals surface area contributed by atoms with Crippen LogP contribution in [0.2, 0.25) is 0 Å². The lowest BCUT2D eigenvalue weighted by atomic mass is 10.1. The molecule has 0 atom stereocenters. The van der Waals surface area contributed by atoms with Crippen LogP contribution < -0.4 is 9.64 Å². The van der Waals surface area contributed by atoms with Crippen LogP contribution >= 0.6 is 11.3 Å². The van der Waals surface area contributed by atoms with E-state index in [0.29, 0.717) is 40.3 Å². The number of anilines is 1. The van der Waals surface area contributed by atoms with Crippen molar-refractivity contribution in [2.45, 2.75) is 27.2 Å². The molecular formula is C24H22N4O3S. The highest BCUT2D eigenvalue weighted by Crippen LogP contribution is 2.32. The first-order valence-electron chi connectivity index (χ1n) is 10.3. The maximum absolute atomic E-state index is 13.8. The van der Waals surface area contributed by atoms with Crippen LogP contribution in [0, 0.1) is 25.2 Å². The lowest BCUT2D eigenvalue weighted by Crippen LogP contribution is -2.32. The molecule has 32 heavy (non-hydrogen) atoms. The smallest absolute Gasteiger partial charge is 0.259 e. The molecule has 8 heteroatoms. The first-order valence-corrected chi connectivity index (χ1v) is 11.1. The van der Waals surface area contributed by atoms with Crippen LogP contribution in [-0.2, 0) is 0 Å². The summed E-state index contributed by atoms with van der Waals surface area (Å²) in [5.74, 6) is 0.484. The number of nitriles is 1. The van der Waals surface area contributed by atoms with Crippen molar-refractivity contribution in [1.82, 2.24) is 10.1 Å². The monoisotopic (exact) mass is 446 g/mol. The molecule has 4 rings (SSSR count). The van der Waals surface area contributed by atoms with Gasteiger partial charge in [0.25, 0.3) is 11.6 Å². The van der Waals surface area contributed by atoms with E-state index in [1.165, 1.54) is 0 Å². The number of aromatic nitrogens is 2. The zero-order valence-corrected chi connectivity index (χ0v) is 18.9. The average molecular weight is 447 g/mol. The largest absolute Gasteiger partial charge is 0.494 e. The van der Waals surface area contributed by atoms with E-state index in [9.17, 15) is 4.79 Å². The molecule has 3 heterocycles. The van der Waals surface area contributed by atoms with Gasteiger partial charge in [0, 0.05) is 17.1 Å². The second kappa shape index (κ2) is 9.20. The van der Waals surface area contributed by atoms with Crippen molar-refractivity contribution in [2.75, 3.05) is 18.1 Å². The zero-order valence-electron chi connectivity index (χ0n) is 18.1. The number of benzene rings is 1. The topological polar surface area (TPSA) is 92.2 Å². The Morgan fingerprint density at radius 3 is 2.66 bits per heavy atom. The van der Waals surface area contributed by atoms with E-state index >= 15 is 0 Å². The molecule has 0 spiro atoms. The summed E-state index contributed by atoms with van der Waals surface area (Å²) in [5, 5.41) is 13.8. The van der Waals surface area contributed by atoms with E-state index < -0.39 is 0 Å². The van der Waals surface area contributed by atoms with Gasteiger partial charge in [0.2, 0.25) is 0 Å². The van der Waals surface area contributed by atoms with Gasteiger partial charge in [-0.25, -0.2) is 4.98 Å². The zero-order chi connectivity index (χ0) is 22.7. The van der Waals surface area contributed by atoms with Gasteiger partial charge >= 0.3 is 0 Å². The molecule has 162 valence electrons. The van der Waals surface area contributed by atoms with E-state index in [-0.39, 0.29) is 18.9 Å². The lowest BCUT2D eigenvalue weighted by Gasteiger charge is -2.22. The maximum atomic E-state index is 13.8. The highest BCUT2D eigenvalue weighted by molar-refractivity contribution is 7.15. The SMILES string of the molecule is CCOc1ccc(N(CCC#N)C(=O)c2cc(-c3ccc(C)s3)nc3onc(C)c23)cc1. The Hall–Kier alpha value is -3.70. The van der Waals surface area contributed by atoms with Crippen LogP contribution in [0.1, 0.15) is 34.3 Å². The Kier molecular flexibility index (Phi) is 6.19. The number of pyridine rings is 1. The first kappa shape index (κ1) is 21.5. The number of aryl methyl sites for hydroxylation is 2. The van der Waals surface area contributed by atoms with Crippen LogP contribution in [0.5, 0.6) is 5.75 Å². The minimum Gasteiger partial charge on any atom is -0.494 e. The number of nitrogens with zero attached hydrogens (tertiary/aromatic N) is 4. The van der Waals surface area contributed by atoms with E-state index in [2.05, 4.69) is 16.2 Å². The van der Waals surface area contributed by atoms with Gasteiger partial charge in [0.1, 0.15) is 5.75 Å². The molecule has 7 nitrogen and oxygen atoms in total. The van der Waals surface area contributed by atoms with Crippen LogP contribution in [0.3, 0.4) is 0 Å². The summed E-state index contributed by atoms with van der Waals surface area (Å²) in [5.41, 5.74) is 2.70. The highest BCUT2D eigenvalue weighted by Gasteiger charge is 2.25. The summed E-state index contributed by atoms with van der Waals surface area (Å²) in [7, 11) is 0. The number of hydrogen-bond acceptors (Lipinski definition) is 7. The van der Waals surface area contributed by atoms with Crippen LogP contribution in [-0.4, -0.2) is 29.2 Å². The molecule has 4 aromatic rings. The summed E-state index contributed by atoms with van der Waals surface area (Å²) in [6, 6.07) is 15.2. The van der Waals surface area contributed by atoms with Gasteiger partial charge in [0.15, 0.2) is 0 Å². The van der Waals surface area contributed by atoms with E-state index in [0.717, 1.165) is 15.5 Å². The van der Waals surface area contributed by atoms with E-state index in [1.54, 1.807) is 29.2 Å². The predicted octanol–water partition coefficient (Wildman–Crippen LogP) is 5.53. The lowest BCUT2D eigenvalue weighted by molar-refractivity contribution is 0.0989. The number of hydrogen-bond donors (Lipinski definition) is 0. The van der Waals surface area contributed by atoms with Gasteiger partial charge in [-0.05, 0) is 63.2 Å². The minimum absolute atomic E-state index is 0.201. The number of amides is 1. The van der Waals surface area contributed by atoms with Crippen molar-refractivity contribution in [3.8, 4) is 22.4 Å². The third-order valence-electron chi connectivity index (χ3n) is 4.99. The fraction of sp³-hybridized carbons (Fsp3) is 0.250. The summed E-state index contributed by atoms with van der Waals surface area (Å²) in [6.07, 6.45) is 0.201. The molecule has 0 saturated carbocycles. The quantitative estimate of drug-likeness (QED) is 0.371. The predicted molar refractivity (Wildman–Crippen MR) is 124 cm³/mol. The normalized spacial score (nSPS) is 10.8. The second-order valence-electron chi connectivity index (χ2n) is 7.21. The summed E-state index contributed by atoms with van der Waals surface area (Å²) in [4.78, 5) is 22.1. The molecule has 3 aromatic heterocycles. The Morgan fingerprint density at radius 2 is 2.00 bits per heavy atom. The molecule has 0 bridgehead atoms. The number of ether oxygens (including phenoxy) is 1. The van der Waals surface area contributed by atoms with Gasteiger partial charge in [-0.2, -0.15) is 5.26 Å². The van der Waals surface area contributed by atoms with Crippen molar-refractivity contribution in [1.29, 1.82) is 5.26 Å². The summed E-state index contributed by atoms with van der Waals surface area (Å²) >= 11 is 1.60. The van der Waals surface area contributed by atoms with Crippen molar-refractivity contribution < 1.29 is 14.1 Å². The molecular weight excluding hydrogens is 424 g/mol. The minimum atomic E-state index is -0.238. The second-order valence-corrected chi connectivity index (χ2v) is 8.49. The molecule has 0 unspecified atom stereocenters. The number of rotatable bonds is 7. The molecule has 1 aromatic carbocycles. The van der Waals surface area contributed by atoms with Gasteiger partial charge in [-0.3, -0.25) is 4.79 Å². The Morgan fingerprint density at radius 1 is 1.22 bits per heavy atom. The fourth-order valence-electron chi connectivity index (χ4n) is 3.51. The molecule has 0 aliphatic carbocycles. The molecule has 1 amide bonds.